The van der Waals surface area contributed by atoms with Crippen molar-refractivity contribution in [2.24, 2.45) is 11.1 Å². The lowest BCUT2D eigenvalue weighted by Crippen LogP contribution is -2.36. The third-order valence-corrected chi connectivity index (χ3v) is 6.30. The first-order valence-corrected chi connectivity index (χ1v) is 11.1. The molecule has 1 aliphatic carbocycles. The number of sulfonamides is 1. The Labute approximate surface area is 169 Å². The molecule has 0 bridgehead atoms. The molecule has 2 fully saturated rings. The number of likely N-dealkylation sites (tertiary alicyclic amines) is 1. The summed E-state index contributed by atoms with van der Waals surface area (Å²) in [7, 11) is -3.82. The van der Waals surface area contributed by atoms with Gasteiger partial charge in [-0.15, -0.1) is 0 Å². The molecule has 3 rings (SSSR count). The highest BCUT2D eigenvalue weighted by Crippen LogP contribution is 2.30. The van der Waals surface area contributed by atoms with Crippen LogP contribution in [0.4, 0.5) is 5.69 Å². The second-order valence-corrected chi connectivity index (χ2v) is 9.08. The predicted octanol–water partition coefficient (Wildman–Crippen LogP) is 0.995. The van der Waals surface area contributed by atoms with Crippen LogP contribution in [0.1, 0.15) is 39.0 Å². The van der Waals surface area contributed by atoms with Gasteiger partial charge in [0.25, 0.3) is 5.91 Å². The van der Waals surface area contributed by atoms with Crippen molar-refractivity contribution in [3.05, 3.63) is 24.3 Å². The number of hydrogen-bond donors (Lipinski definition) is 2. The fourth-order valence-electron chi connectivity index (χ4n) is 3.75. The highest BCUT2D eigenvalue weighted by atomic mass is 32.2. The number of anilines is 1. The fourth-order valence-corrected chi connectivity index (χ4v) is 4.27. The minimum atomic E-state index is -3.82. The maximum Gasteiger partial charge on any atom is 0.312 e. The predicted molar refractivity (Wildman–Crippen MR) is 104 cm³/mol. The Balaban J connectivity index is 1.52. The number of rotatable bonds is 6. The summed E-state index contributed by atoms with van der Waals surface area (Å²) in [5, 5.41) is 7.58. The number of esters is 1. The molecule has 1 saturated heterocycles. The summed E-state index contributed by atoms with van der Waals surface area (Å²) in [6, 6.07) is 5.52. The van der Waals surface area contributed by atoms with Crippen molar-refractivity contribution in [2.45, 2.75) is 56.1 Å². The van der Waals surface area contributed by atoms with Crippen LogP contribution in [0.2, 0.25) is 0 Å². The number of primary sulfonamides is 1. The van der Waals surface area contributed by atoms with E-state index >= 15 is 0 Å². The number of benzene rings is 1. The Kier molecular flexibility index (Phi) is 6.23. The molecule has 3 N–H and O–H groups in total. The number of hydrogen-bond acceptors (Lipinski definition) is 6. The van der Waals surface area contributed by atoms with Crippen LogP contribution in [0.5, 0.6) is 0 Å². The van der Waals surface area contributed by atoms with Crippen molar-refractivity contribution in [1.82, 2.24) is 4.90 Å². The van der Waals surface area contributed by atoms with Crippen LogP contribution < -0.4 is 10.5 Å². The summed E-state index contributed by atoms with van der Waals surface area (Å²) in [5.74, 6) is -1.72. The van der Waals surface area contributed by atoms with Crippen LogP contribution in [0.3, 0.4) is 0 Å². The Hall–Kier alpha value is -2.46. The normalized spacial score (nSPS) is 21.2. The summed E-state index contributed by atoms with van der Waals surface area (Å²) in [6.45, 7) is 1.78. The summed E-state index contributed by atoms with van der Waals surface area (Å²) in [6.07, 6.45) is 3.18. The highest BCUT2D eigenvalue weighted by Gasteiger charge is 2.40. The molecule has 1 aromatic rings. The molecule has 2 amide bonds. The fraction of sp³-hybridized carbons (Fsp3) is 0.526. The van der Waals surface area contributed by atoms with Gasteiger partial charge in [0.05, 0.1) is 10.8 Å². The van der Waals surface area contributed by atoms with Crippen LogP contribution in [0, 0.1) is 5.92 Å². The minimum Gasteiger partial charge on any atom is -0.452 e. The highest BCUT2D eigenvalue weighted by molar-refractivity contribution is 7.89. The Morgan fingerprint density at radius 1 is 1.21 bits per heavy atom. The van der Waals surface area contributed by atoms with Gasteiger partial charge in [-0.1, -0.05) is 12.8 Å². The molecule has 10 heteroatoms. The van der Waals surface area contributed by atoms with Gasteiger partial charge in [0.15, 0.2) is 6.10 Å². The lowest BCUT2D eigenvalue weighted by Gasteiger charge is -2.24. The topological polar surface area (TPSA) is 136 Å². The minimum absolute atomic E-state index is 0.0362. The maximum atomic E-state index is 12.4. The Morgan fingerprint density at radius 2 is 1.83 bits per heavy atom. The van der Waals surface area contributed by atoms with Gasteiger partial charge in [-0.3, -0.25) is 14.4 Å². The molecule has 2 atom stereocenters. The van der Waals surface area contributed by atoms with Crippen LogP contribution in [0.25, 0.3) is 0 Å². The standard InChI is InChI=1S/C19H25N3O6S/c1-12(18(24)21-14-6-8-16(9-7-14)29(20,26)27)28-19(25)13-10-17(23)22(11-13)15-4-2-3-5-15/h6-9,12-13,15H,2-5,10-11H2,1H3,(H,21,24)(H2,20,26,27)/t12-,13+/m1/s1. The molecule has 0 unspecified atom stereocenters. The van der Waals surface area contributed by atoms with Crippen LogP contribution >= 0.6 is 0 Å². The average Bonchev–Trinajstić information content (AvgIpc) is 3.30. The van der Waals surface area contributed by atoms with E-state index in [0.717, 1.165) is 25.7 Å². The third kappa shape index (κ3) is 5.13. The molecule has 158 valence electrons. The van der Waals surface area contributed by atoms with E-state index in [1.807, 2.05) is 0 Å². The number of amides is 2. The molecule has 0 radical (unpaired) electrons. The van der Waals surface area contributed by atoms with Crippen molar-refractivity contribution in [1.29, 1.82) is 0 Å². The van der Waals surface area contributed by atoms with Gasteiger partial charge >= 0.3 is 5.97 Å². The molecule has 1 aromatic carbocycles. The second-order valence-electron chi connectivity index (χ2n) is 7.52. The average molecular weight is 423 g/mol. The van der Waals surface area contributed by atoms with Gasteiger partial charge in [-0.2, -0.15) is 0 Å². The second kappa shape index (κ2) is 8.50. The zero-order valence-electron chi connectivity index (χ0n) is 16.2. The summed E-state index contributed by atoms with van der Waals surface area (Å²) in [5.41, 5.74) is 0.341. The van der Waals surface area contributed by atoms with Crippen molar-refractivity contribution in [2.75, 3.05) is 11.9 Å². The Morgan fingerprint density at radius 3 is 2.41 bits per heavy atom. The van der Waals surface area contributed by atoms with E-state index < -0.39 is 33.9 Å². The number of ether oxygens (including phenoxy) is 1. The summed E-state index contributed by atoms with van der Waals surface area (Å²) < 4.78 is 27.8. The molecular weight excluding hydrogens is 398 g/mol. The SMILES string of the molecule is C[C@@H](OC(=O)[C@H]1CC(=O)N(C2CCCC2)C1)C(=O)Nc1ccc(S(N)(=O)=O)cc1. The first-order chi connectivity index (χ1) is 13.6. The largest absolute Gasteiger partial charge is 0.452 e. The van der Waals surface area contributed by atoms with E-state index in [2.05, 4.69) is 5.32 Å². The third-order valence-electron chi connectivity index (χ3n) is 5.37. The van der Waals surface area contributed by atoms with Gasteiger partial charge in [-0.25, -0.2) is 13.6 Å². The molecule has 2 aliphatic rings. The smallest absolute Gasteiger partial charge is 0.312 e. The van der Waals surface area contributed by atoms with Crippen molar-refractivity contribution >= 4 is 33.5 Å². The number of nitrogens with zero attached hydrogens (tertiary/aromatic N) is 1. The first-order valence-electron chi connectivity index (χ1n) is 9.59. The zero-order valence-corrected chi connectivity index (χ0v) is 17.0. The monoisotopic (exact) mass is 423 g/mol. The number of carbonyl (C=O) groups is 3. The van der Waals surface area contributed by atoms with Crippen LogP contribution in [0.15, 0.2) is 29.2 Å². The molecule has 9 nitrogen and oxygen atoms in total. The first kappa shape index (κ1) is 21.3. The molecule has 1 aliphatic heterocycles. The molecule has 0 spiro atoms. The number of nitrogens with two attached hydrogens (primary N) is 1. The van der Waals surface area contributed by atoms with Crippen molar-refractivity contribution in [3.63, 3.8) is 0 Å². The van der Waals surface area contributed by atoms with Crippen molar-refractivity contribution in [3.8, 4) is 0 Å². The zero-order chi connectivity index (χ0) is 21.2. The summed E-state index contributed by atoms with van der Waals surface area (Å²) in [4.78, 5) is 38.6. The van der Waals surface area contributed by atoms with Gasteiger partial charge < -0.3 is 15.0 Å². The lowest BCUT2D eigenvalue weighted by molar-refractivity contribution is -0.157. The van der Waals surface area contributed by atoms with E-state index in [1.54, 1.807) is 4.90 Å². The van der Waals surface area contributed by atoms with E-state index in [9.17, 15) is 22.8 Å². The Bertz CT molecular complexity index is 893. The molecule has 1 saturated carbocycles. The van der Waals surface area contributed by atoms with E-state index in [-0.39, 0.29) is 23.3 Å². The lowest BCUT2D eigenvalue weighted by atomic mass is 10.1. The molecule has 29 heavy (non-hydrogen) atoms. The summed E-state index contributed by atoms with van der Waals surface area (Å²) >= 11 is 0. The maximum absolute atomic E-state index is 12.4. The molecule has 0 aromatic heterocycles. The van der Waals surface area contributed by atoms with Crippen LogP contribution in [-0.4, -0.2) is 49.8 Å². The van der Waals surface area contributed by atoms with Gasteiger partial charge in [0.1, 0.15) is 0 Å². The number of nitrogens with one attached hydrogen (secondary N) is 1. The molecule has 1 heterocycles. The molecular formula is C19H25N3O6S. The number of carbonyl (C=O) groups excluding carboxylic acids is 3. The van der Waals surface area contributed by atoms with E-state index in [0.29, 0.717) is 12.2 Å². The van der Waals surface area contributed by atoms with Gasteiger partial charge in [0.2, 0.25) is 15.9 Å². The van der Waals surface area contributed by atoms with Gasteiger partial charge in [0, 0.05) is 24.7 Å². The van der Waals surface area contributed by atoms with Crippen molar-refractivity contribution < 1.29 is 27.5 Å². The quantitative estimate of drug-likeness (QED) is 0.655. The van der Waals surface area contributed by atoms with E-state index in [4.69, 9.17) is 9.88 Å². The van der Waals surface area contributed by atoms with E-state index in [1.165, 1.54) is 31.2 Å². The van der Waals surface area contributed by atoms with Crippen LogP contribution in [-0.2, 0) is 29.1 Å². The van der Waals surface area contributed by atoms with Gasteiger partial charge in [-0.05, 0) is 44.0 Å².